The summed E-state index contributed by atoms with van der Waals surface area (Å²) in [6.45, 7) is 1.68. The Labute approximate surface area is 157 Å². The van der Waals surface area contributed by atoms with E-state index in [1.54, 1.807) is 13.3 Å². The van der Waals surface area contributed by atoms with Crippen molar-refractivity contribution < 1.29 is 9.53 Å². The van der Waals surface area contributed by atoms with Crippen LogP contribution in [0.5, 0.6) is 5.75 Å². The van der Waals surface area contributed by atoms with Crippen LogP contribution in [-0.4, -0.2) is 60.0 Å². The standard InChI is InChI=1S/C18H23N7O2/c1-24-18(21-22-23-24)25-7-5-14(6-8-25)20-17(26)13-9-12-3-4-15(27-2)10-16(12)19-11-13/h3-4,9-11,14,22-23H,5-8H2,1-2H3,(H,20,26). The van der Waals surface area contributed by atoms with Crippen LogP contribution in [-0.2, 0) is 0 Å². The van der Waals surface area contributed by atoms with E-state index >= 15 is 0 Å². The van der Waals surface area contributed by atoms with Crippen molar-refractivity contribution in [2.75, 3.05) is 27.2 Å². The Hall–Kier alpha value is -3.07. The summed E-state index contributed by atoms with van der Waals surface area (Å²) in [4.78, 5) is 19.2. The molecule has 1 aromatic carbocycles. The SMILES string of the molecule is COc1ccc2cc(C(=O)NC3CCN(C4=NNNN4C)CC3)cnc2c1. The lowest BCUT2D eigenvalue weighted by molar-refractivity contribution is 0.0920. The maximum absolute atomic E-state index is 12.6. The maximum atomic E-state index is 12.6. The van der Waals surface area contributed by atoms with Crippen molar-refractivity contribution in [1.82, 2.24) is 31.3 Å². The molecule has 1 aromatic heterocycles. The van der Waals surface area contributed by atoms with Gasteiger partial charge in [0.1, 0.15) is 5.75 Å². The molecule has 0 spiro atoms. The average Bonchev–Trinajstić information content (AvgIpc) is 3.13. The van der Waals surface area contributed by atoms with E-state index < -0.39 is 0 Å². The molecule has 1 saturated heterocycles. The highest BCUT2D eigenvalue weighted by Crippen LogP contribution is 2.20. The monoisotopic (exact) mass is 369 g/mol. The van der Waals surface area contributed by atoms with Crippen LogP contribution in [0, 0.1) is 0 Å². The number of guanidine groups is 1. The third kappa shape index (κ3) is 3.59. The second-order valence-electron chi connectivity index (χ2n) is 6.71. The molecule has 1 amide bonds. The fourth-order valence-corrected chi connectivity index (χ4v) is 3.40. The van der Waals surface area contributed by atoms with Gasteiger partial charge in [0.05, 0.1) is 18.2 Å². The Bertz CT molecular complexity index is 877. The van der Waals surface area contributed by atoms with Crippen LogP contribution in [0.15, 0.2) is 35.6 Å². The normalized spacial score (nSPS) is 17.6. The van der Waals surface area contributed by atoms with Gasteiger partial charge in [-0.25, -0.2) is 5.53 Å². The average molecular weight is 369 g/mol. The number of likely N-dealkylation sites (tertiary alicyclic amines) is 1. The third-order valence-electron chi connectivity index (χ3n) is 4.94. The predicted molar refractivity (Wildman–Crippen MR) is 102 cm³/mol. The van der Waals surface area contributed by atoms with Crippen LogP contribution >= 0.6 is 0 Å². The zero-order valence-electron chi connectivity index (χ0n) is 15.4. The zero-order chi connectivity index (χ0) is 18.8. The van der Waals surface area contributed by atoms with Gasteiger partial charge < -0.3 is 15.0 Å². The van der Waals surface area contributed by atoms with Crippen molar-refractivity contribution >= 4 is 22.8 Å². The number of fused-ring (bicyclic) bond motifs is 1. The topological polar surface area (TPSA) is 94.1 Å². The van der Waals surface area contributed by atoms with Gasteiger partial charge >= 0.3 is 0 Å². The lowest BCUT2D eigenvalue weighted by atomic mass is 10.0. The van der Waals surface area contributed by atoms with E-state index in [-0.39, 0.29) is 11.9 Å². The third-order valence-corrected chi connectivity index (χ3v) is 4.94. The van der Waals surface area contributed by atoms with E-state index in [4.69, 9.17) is 4.74 Å². The number of methoxy groups -OCH3 is 1. The number of amides is 1. The van der Waals surface area contributed by atoms with Crippen molar-refractivity contribution in [3.8, 4) is 5.75 Å². The van der Waals surface area contributed by atoms with E-state index in [1.807, 2.05) is 36.3 Å². The molecule has 0 atom stereocenters. The molecule has 0 radical (unpaired) electrons. The fraction of sp³-hybridized carbons (Fsp3) is 0.389. The van der Waals surface area contributed by atoms with Gasteiger partial charge in [-0.05, 0) is 31.0 Å². The molecular formula is C18H23N7O2. The number of nitrogens with zero attached hydrogens (tertiary/aromatic N) is 4. The molecule has 2 aliphatic rings. The van der Waals surface area contributed by atoms with E-state index in [0.29, 0.717) is 5.56 Å². The highest BCUT2D eigenvalue weighted by atomic mass is 16.5. The Balaban J connectivity index is 1.37. The molecule has 9 heteroatoms. The van der Waals surface area contributed by atoms with Crippen molar-refractivity contribution in [1.29, 1.82) is 0 Å². The van der Waals surface area contributed by atoms with Crippen LogP contribution in [0.25, 0.3) is 10.9 Å². The Kier molecular flexibility index (Phi) is 4.68. The molecule has 1 fully saturated rings. The van der Waals surface area contributed by atoms with Crippen molar-refractivity contribution in [2.24, 2.45) is 5.10 Å². The first-order valence-corrected chi connectivity index (χ1v) is 8.96. The first-order chi connectivity index (χ1) is 13.1. The second kappa shape index (κ2) is 7.28. The molecule has 27 heavy (non-hydrogen) atoms. The number of hydrazone groups is 1. The van der Waals surface area contributed by atoms with Gasteiger partial charge in [0.2, 0.25) is 5.96 Å². The number of ether oxygens (including phenoxy) is 1. The van der Waals surface area contributed by atoms with Crippen molar-refractivity contribution in [3.05, 3.63) is 36.0 Å². The summed E-state index contributed by atoms with van der Waals surface area (Å²) in [5.41, 5.74) is 7.03. The van der Waals surface area contributed by atoms with Crippen molar-refractivity contribution in [3.63, 3.8) is 0 Å². The minimum absolute atomic E-state index is 0.0858. The summed E-state index contributed by atoms with van der Waals surface area (Å²) in [7, 11) is 3.54. The molecule has 4 rings (SSSR count). The number of rotatable bonds is 3. The van der Waals surface area contributed by atoms with Gasteiger partial charge in [0.25, 0.3) is 5.91 Å². The summed E-state index contributed by atoms with van der Waals surface area (Å²) in [6, 6.07) is 7.66. The van der Waals surface area contributed by atoms with Gasteiger partial charge in [0.15, 0.2) is 0 Å². The quantitative estimate of drug-likeness (QED) is 0.732. The Morgan fingerprint density at radius 3 is 2.81 bits per heavy atom. The van der Waals surface area contributed by atoms with Crippen LogP contribution in [0.1, 0.15) is 23.2 Å². The molecule has 0 aliphatic carbocycles. The van der Waals surface area contributed by atoms with E-state index in [2.05, 4.69) is 31.4 Å². The van der Waals surface area contributed by atoms with Gasteiger partial charge in [-0.3, -0.25) is 14.8 Å². The zero-order valence-corrected chi connectivity index (χ0v) is 15.4. The van der Waals surface area contributed by atoms with Gasteiger partial charge in [-0.15, -0.1) is 10.6 Å². The Morgan fingerprint density at radius 1 is 1.30 bits per heavy atom. The van der Waals surface area contributed by atoms with Crippen LogP contribution in [0.3, 0.4) is 0 Å². The number of aromatic nitrogens is 1. The molecule has 0 saturated carbocycles. The van der Waals surface area contributed by atoms with Crippen LogP contribution in [0.2, 0.25) is 0 Å². The predicted octanol–water partition coefficient (Wildman–Crippen LogP) is 0.663. The second-order valence-corrected chi connectivity index (χ2v) is 6.71. The lowest BCUT2D eigenvalue weighted by Gasteiger charge is -2.34. The maximum Gasteiger partial charge on any atom is 0.253 e. The molecule has 3 N–H and O–H groups in total. The molecule has 3 heterocycles. The molecule has 2 aliphatic heterocycles. The van der Waals surface area contributed by atoms with Crippen LogP contribution < -0.4 is 21.1 Å². The summed E-state index contributed by atoms with van der Waals surface area (Å²) < 4.78 is 5.21. The largest absolute Gasteiger partial charge is 0.497 e. The van der Waals surface area contributed by atoms with Gasteiger partial charge in [-0.2, -0.15) is 0 Å². The van der Waals surface area contributed by atoms with E-state index in [0.717, 1.165) is 48.5 Å². The number of hydrazine groups is 2. The minimum atomic E-state index is -0.0858. The number of carbonyl (C=O) groups excluding carboxylic acids is 1. The highest BCUT2D eigenvalue weighted by Gasteiger charge is 2.26. The molecule has 142 valence electrons. The molecule has 0 bridgehead atoms. The summed E-state index contributed by atoms with van der Waals surface area (Å²) in [6.07, 6.45) is 3.36. The number of nitrogens with one attached hydrogen (secondary N) is 3. The number of hydrogen-bond donors (Lipinski definition) is 3. The summed E-state index contributed by atoms with van der Waals surface area (Å²) in [5.74, 6) is 1.54. The number of piperidine rings is 1. The summed E-state index contributed by atoms with van der Waals surface area (Å²) >= 11 is 0. The van der Waals surface area contributed by atoms with Gasteiger partial charge in [0, 0.05) is 43.8 Å². The number of benzene rings is 1. The molecule has 0 unspecified atom stereocenters. The Morgan fingerprint density at radius 2 is 2.11 bits per heavy atom. The summed E-state index contributed by atoms with van der Waals surface area (Å²) in [5, 5.41) is 10.1. The highest BCUT2D eigenvalue weighted by molar-refractivity contribution is 5.97. The molecule has 2 aromatic rings. The van der Waals surface area contributed by atoms with E-state index in [9.17, 15) is 4.79 Å². The van der Waals surface area contributed by atoms with Gasteiger partial charge in [-0.1, -0.05) is 0 Å². The van der Waals surface area contributed by atoms with E-state index in [1.165, 1.54) is 0 Å². The van der Waals surface area contributed by atoms with Crippen molar-refractivity contribution in [2.45, 2.75) is 18.9 Å². The fourth-order valence-electron chi connectivity index (χ4n) is 3.40. The molecule has 9 nitrogen and oxygen atoms in total. The number of carbonyl (C=O) groups is 1. The smallest absolute Gasteiger partial charge is 0.253 e. The minimum Gasteiger partial charge on any atom is -0.497 e. The van der Waals surface area contributed by atoms with Crippen LogP contribution in [0.4, 0.5) is 0 Å². The number of pyridine rings is 1. The first kappa shape index (κ1) is 17.3. The lowest BCUT2D eigenvalue weighted by Crippen LogP contribution is -2.51. The number of hydrogen-bond acceptors (Lipinski definition) is 8. The molecular weight excluding hydrogens is 346 g/mol. The first-order valence-electron chi connectivity index (χ1n) is 8.96.